The van der Waals surface area contributed by atoms with E-state index in [0.29, 0.717) is 0 Å². The Bertz CT molecular complexity index is 450. The molecule has 0 aliphatic rings. The highest BCUT2D eigenvalue weighted by atomic mass is 32.2. The molecule has 0 saturated heterocycles. The van der Waals surface area contributed by atoms with E-state index >= 15 is 0 Å². The summed E-state index contributed by atoms with van der Waals surface area (Å²) in [4.78, 5) is 0.978. The Balaban J connectivity index is 2.82. The lowest BCUT2D eigenvalue weighted by atomic mass is 10.2. The van der Waals surface area contributed by atoms with Gasteiger partial charge in [0.05, 0.1) is 4.70 Å². The Labute approximate surface area is 83.7 Å². The van der Waals surface area contributed by atoms with Crippen LogP contribution in [0.1, 0.15) is 0 Å². The maximum absolute atomic E-state index is 12.9. The predicted molar refractivity (Wildman–Crippen MR) is 58.0 cm³/mol. The fourth-order valence-corrected chi connectivity index (χ4v) is 3.09. The van der Waals surface area contributed by atoms with E-state index in [1.54, 1.807) is 17.8 Å². The number of thioether (sulfide) groups is 1. The van der Waals surface area contributed by atoms with Gasteiger partial charge in [-0.05, 0) is 23.8 Å². The second-order valence-electron chi connectivity index (χ2n) is 2.66. The van der Waals surface area contributed by atoms with E-state index in [1.165, 1.54) is 0 Å². The van der Waals surface area contributed by atoms with Crippen LogP contribution in [0.25, 0.3) is 10.1 Å². The molecule has 1 heterocycles. The Kier molecular flexibility index (Phi) is 2.17. The molecule has 0 aliphatic heterocycles. The van der Waals surface area contributed by atoms with Crippen LogP contribution in [-0.2, 0) is 0 Å². The number of benzene rings is 1. The average molecular weight is 213 g/mol. The van der Waals surface area contributed by atoms with Crippen molar-refractivity contribution in [2.45, 2.75) is 4.90 Å². The van der Waals surface area contributed by atoms with Crippen LogP contribution in [0.2, 0.25) is 0 Å². The van der Waals surface area contributed by atoms with Crippen LogP contribution in [0.5, 0.6) is 0 Å². The highest BCUT2D eigenvalue weighted by Gasteiger charge is 2.08. The summed E-state index contributed by atoms with van der Waals surface area (Å²) in [5.74, 6) is 0. The van der Waals surface area contributed by atoms with Gasteiger partial charge >= 0.3 is 0 Å². The third kappa shape index (κ3) is 1.40. The van der Waals surface area contributed by atoms with E-state index < -0.39 is 0 Å². The number of hydrogen-bond acceptors (Lipinski definition) is 3. The van der Waals surface area contributed by atoms with Crippen molar-refractivity contribution < 1.29 is 4.39 Å². The van der Waals surface area contributed by atoms with E-state index in [2.05, 4.69) is 0 Å². The summed E-state index contributed by atoms with van der Waals surface area (Å²) < 4.78 is 13.9. The van der Waals surface area contributed by atoms with Crippen LogP contribution in [0, 0.1) is 5.13 Å². The first kappa shape index (κ1) is 8.84. The van der Waals surface area contributed by atoms with E-state index in [1.807, 2.05) is 18.4 Å². The van der Waals surface area contributed by atoms with Gasteiger partial charge < -0.3 is 5.73 Å². The van der Waals surface area contributed by atoms with Gasteiger partial charge in [-0.2, -0.15) is 4.39 Å². The van der Waals surface area contributed by atoms with Crippen molar-refractivity contribution in [3.8, 4) is 0 Å². The molecule has 68 valence electrons. The summed E-state index contributed by atoms with van der Waals surface area (Å²) in [5, 5.41) is 0.775. The molecule has 1 nitrogen and oxygen atoms in total. The lowest BCUT2D eigenvalue weighted by Gasteiger charge is -2.02. The molecule has 0 spiro atoms. The van der Waals surface area contributed by atoms with Gasteiger partial charge in [-0.1, -0.05) is 6.07 Å². The Morgan fingerprint density at radius 1 is 1.46 bits per heavy atom. The zero-order chi connectivity index (χ0) is 9.42. The topological polar surface area (TPSA) is 26.0 Å². The van der Waals surface area contributed by atoms with Crippen molar-refractivity contribution in [3.05, 3.63) is 23.3 Å². The maximum atomic E-state index is 12.9. The molecule has 4 heteroatoms. The van der Waals surface area contributed by atoms with Gasteiger partial charge in [0.15, 0.2) is 5.13 Å². The molecule has 0 saturated carbocycles. The van der Waals surface area contributed by atoms with Crippen molar-refractivity contribution in [1.29, 1.82) is 0 Å². The number of fused-ring (bicyclic) bond motifs is 1. The van der Waals surface area contributed by atoms with Gasteiger partial charge in [0, 0.05) is 10.6 Å². The molecular formula is C9H8FNS2. The molecule has 2 rings (SSSR count). The molecule has 1 aromatic carbocycles. The average Bonchev–Trinajstić information content (AvgIpc) is 2.45. The predicted octanol–water partition coefficient (Wildman–Crippen LogP) is 3.34. The van der Waals surface area contributed by atoms with Gasteiger partial charge in [0.1, 0.15) is 0 Å². The molecule has 0 bridgehead atoms. The summed E-state index contributed by atoms with van der Waals surface area (Å²) in [6.45, 7) is 0. The van der Waals surface area contributed by atoms with Crippen LogP contribution in [0.3, 0.4) is 0 Å². The summed E-state index contributed by atoms with van der Waals surface area (Å²) in [7, 11) is 0. The van der Waals surface area contributed by atoms with Crippen molar-refractivity contribution in [2.75, 3.05) is 12.0 Å². The van der Waals surface area contributed by atoms with Crippen molar-refractivity contribution in [1.82, 2.24) is 0 Å². The molecule has 2 N–H and O–H groups in total. The molecule has 0 unspecified atom stereocenters. The second kappa shape index (κ2) is 3.20. The first-order chi connectivity index (χ1) is 6.22. The second-order valence-corrected chi connectivity index (χ2v) is 4.48. The number of thiophene rings is 1. The first-order valence-corrected chi connectivity index (χ1v) is 5.78. The molecule has 0 aliphatic carbocycles. The van der Waals surface area contributed by atoms with Gasteiger partial charge in [0.2, 0.25) is 0 Å². The number of hydrogen-bond donors (Lipinski definition) is 1. The quantitative estimate of drug-likeness (QED) is 0.580. The first-order valence-electron chi connectivity index (χ1n) is 3.74. The molecule has 0 radical (unpaired) electrons. The van der Waals surface area contributed by atoms with Crippen molar-refractivity contribution in [2.24, 2.45) is 0 Å². The lowest BCUT2D eigenvalue weighted by molar-refractivity contribution is 0.658. The minimum atomic E-state index is -0.157. The maximum Gasteiger partial charge on any atom is 0.177 e. The summed E-state index contributed by atoms with van der Waals surface area (Å²) >= 11 is 2.71. The van der Waals surface area contributed by atoms with Gasteiger partial charge in [-0.3, -0.25) is 0 Å². The zero-order valence-corrected chi connectivity index (χ0v) is 8.64. The number of nitrogen functional groups attached to an aromatic ring is 1. The number of rotatable bonds is 1. The molecule has 13 heavy (non-hydrogen) atoms. The fourth-order valence-electron chi connectivity index (χ4n) is 1.27. The number of halogens is 1. The summed E-state index contributed by atoms with van der Waals surface area (Å²) in [5.41, 5.74) is 6.49. The summed E-state index contributed by atoms with van der Waals surface area (Å²) in [6.07, 6.45) is 1.95. The Morgan fingerprint density at radius 3 is 2.92 bits per heavy atom. The number of nitrogens with two attached hydrogens (primary N) is 1. The van der Waals surface area contributed by atoms with Crippen molar-refractivity contribution >= 4 is 38.9 Å². The van der Waals surface area contributed by atoms with Crippen LogP contribution < -0.4 is 5.73 Å². The monoisotopic (exact) mass is 213 g/mol. The van der Waals surface area contributed by atoms with E-state index in [4.69, 9.17) is 5.73 Å². The number of anilines is 1. The molecule has 1 aromatic heterocycles. The van der Waals surface area contributed by atoms with E-state index in [-0.39, 0.29) is 5.13 Å². The van der Waals surface area contributed by atoms with Gasteiger partial charge in [-0.25, -0.2) is 0 Å². The Hall–Kier alpha value is -0.740. The van der Waals surface area contributed by atoms with Crippen LogP contribution in [0.4, 0.5) is 10.1 Å². The zero-order valence-electron chi connectivity index (χ0n) is 7.00. The lowest BCUT2D eigenvalue weighted by Crippen LogP contribution is -1.86. The third-order valence-electron chi connectivity index (χ3n) is 1.85. The molecule has 0 fully saturated rings. The smallest absolute Gasteiger partial charge is 0.177 e. The summed E-state index contributed by atoms with van der Waals surface area (Å²) in [6, 6.07) is 5.21. The third-order valence-corrected chi connectivity index (χ3v) is 3.78. The van der Waals surface area contributed by atoms with Crippen LogP contribution in [-0.4, -0.2) is 6.26 Å². The molecule has 0 amide bonds. The molecule has 0 atom stereocenters. The SMILES string of the molecule is CSc1c(N)ccc2cc(F)sc12. The van der Waals surface area contributed by atoms with Gasteiger partial charge in [0.25, 0.3) is 0 Å². The minimum absolute atomic E-state index is 0.157. The minimum Gasteiger partial charge on any atom is -0.398 e. The Morgan fingerprint density at radius 2 is 2.23 bits per heavy atom. The van der Waals surface area contributed by atoms with E-state index in [0.717, 1.165) is 32.0 Å². The van der Waals surface area contributed by atoms with Gasteiger partial charge in [-0.15, -0.1) is 23.1 Å². The standard InChI is InChI=1S/C9H8FNS2/c1-12-9-6(11)3-2-5-4-7(10)13-8(5)9/h2-4H,11H2,1H3. The van der Waals surface area contributed by atoms with E-state index in [9.17, 15) is 4.39 Å². The molecule has 2 aromatic rings. The normalized spacial score (nSPS) is 10.9. The van der Waals surface area contributed by atoms with Crippen LogP contribution >= 0.6 is 23.1 Å². The highest BCUT2D eigenvalue weighted by Crippen LogP contribution is 2.36. The molecular weight excluding hydrogens is 205 g/mol. The van der Waals surface area contributed by atoms with Crippen molar-refractivity contribution in [3.63, 3.8) is 0 Å². The largest absolute Gasteiger partial charge is 0.398 e. The van der Waals surface area contributed by atoms with Crippen LogP contribution in [0.15, 0.2) is 23.1 Å². The fraction of sp³-hybridized carbons (Fsp3) is 0.111. The highest BCUT2D eigenvalue weighted by molar-refractivity contribution is 7.99.